The molecule has 0 saturated carbocycles. The van der Waals surface area contributed by atoms with E-state index in [0.29, 0.717) is 12.8 Å². The van der Waals surface area contributed by atoms with Crippen molar-refractivity contribution in [3.63, 3.8) is 0 Å². The molecule has 2 rings (SSSR count). The Hall–Kier alpha value is -4.24. The van der Waals surface area contributed by atoms with Gasteiger partial charge < -0.3 is 25.2 Å². The lowest BCUT2D eigenvalue weighted by Crippen LogP contribution is -2.45. The van der Waals surface area contributed by atoms with Crippen LogP contribution in [0.25, 0.3) is 0 Å². The van der Waals surface area contributed by atoms with Crippen molar-refractivity contribution in [3.05, 3.63) is 97.1 Å². The Morgan fingerprint density at radius 2 is 1.33 bits per heavy atom. The van der Waals surface area contributed by atoms with E-state index in [1.807, 2.05) is 60.7 Å². The Morgan fingerprint density at radius 3 is 1.84 bits per heavy atom. The van der Waals surface area contributed by atoms with Crippen molar-refractivity contribution in [1.82, 2.24) is 10.6 Å². The molecule has 9 nitrogen and oxygen atoms in total. The smallest absolute Gasteiger partial charge is 0.309 e. The van der Waals surface area contributed by atoms with Crippen molar-refractivity contribution in [2.24, 2.45) is 11.8 Å². The number of ether oxygens (including phenoxy) is 2. The number of aliphatic hydroxyl groups is 1. The molecule has 0 aliphatic carbocycles. The SMILES string of the molecule is C=CC[C@@H](CC(=O)N[C@@H](CO)Cc1ccccc1)C(=O)N[C@H](COC(=O)[C@@H](CC=C)CC(=O)OC(C)(C)C)Cc1ccccc1. The molecule has 0 radical (unpaired) electrons. The highest BCUT2D eigenvalue weighted by atomic mass is 16.6. The number of amides is 2. The summed E-state index contributed by atoms with van der Waals surface area (Å²) in [5, 5.41) is 15.6. The first-order valence-corrected chi connectivity index (χ1v) is 15.3. The van der Waals surface area contributed by atoms with Crippen LogP contribution in [0.5, 0.6) is 0 Å². The molecule has 0 bridgehead atoms. The molecule has 9 heteroatoms. The van der Waals surface area contributed by atoms with Gasteiger partial charge >= 0.3 is 11.9 Å². The second-order valence-electron chi connectivity index (χ2n) is 12.1. The molecule has 2 aromatic rings. The minimum Gasteiger partial charge on any atom is -0.463 e. The van der Waals surface area contributed by atoms with Crippen LogP contribution in [0, 0.1) is 11.8 Å². The van der Waals surface area contributed by atoms with Crippen molar-refractivity contribution >= 4 is 23.8 Å². The molecule has 3 N–H and O–H groups in total. The lowest BCUT2D eigenvalue weighted by atomic mass is 9.97. The number of aliphatic hydroxyl groups excluding tert-OH is 1. The van der Waals surface area contributed by atoms with E-state index in [9.17, 15) is 24.3 Å². The zero-order chi connectivity index (χ0) is 33.2. The van der Waals surface area contributed by atoms with Crippen molar-refractivity contribution in [2.75, 3.05) is 13.2 Å². The maximum Gasteiger partial charge on any atom is 0.309 e. The molecule has 0 heterocycles. The van der Waals surface area contributed by atoms with Crippen molar-refractivity contribution in [3.8, 4) is 0 Å². The first kappa shape index (κ1) is 36.9. The molecule has 0 spiro atoms. The number of esters is 2. The minimum atomic E-state index is -0.780. The van der Waals surface area contributed by atoms with Gasteiger partial charge in [0.1, 0.15) is 12.2 Å². The summed E-state index contributed by atoms with van der Waals surface area (Å²) < 4.78 is 11.0. The lowest BCUT2D eigenvalue weighted by molar-refractivity contribution is -0.161. The van der Waals surface area contributed by atoms with Crippen LogP contribution in [0.1, 0.15) is 57.6 Å². The monoisotopic (exact) mass is 620 g/mol. The quantitative estimate of drug-likeness (QED) is 0.156. The molecule has 45 heavy (non-hydrogen) atoms. The number of carbonyl (C=O) groups is 4. The maximum absolute atomic E-state index is 13.5. The number of carbonyl (C=O) groups excluding carboxylic acids is 4. The van der Waals surface area contributed by atoms with Gasteiger partial charge in [-0.15, -0.1) is 13.2 Å². The van der Waals surface area contributed by atoms with Crippen LogP contribution in [0.15, 0.2) is 86.0 Å². The molecule has 244 valence electrons. The fraction of sp³-hybridized carbons (Fsp3) is 0.444. The fourth-order valence-electron chi connectivity index (χ4n) is 4.77. The number of benzene rings is 2. The van der Waals surface area contributed by atoms with Gasteiger partial charge in [-0.25, -0.2) is 0 Å². The highest BCUT2D eigenvalue weighted by Crippen LogP contribution is 2.18. The van der Waals surface area contributed by atoms with E-state index in [4.69, 9.17) is 9.47 Å². The van der Waals surface area contributed by atoms with E-state index in [1.165, 1.54) is 0 Å². The fourth-order valence-corrected chi connectivity index (χ4v) is 4.77. The topological polar surface area (TPSA) is 131 Å². The van der Waals surface area contributed by atoms with E-state index in [2.05, 4.69) is 23.8 Å². The van der Waals surface area contributed by atoms with Crippen LogP contribution in [-0.2, 0) is 41.5 Å². The van der Waals surface area contributed by atoms with Crippen molar-refractivity contribution in [2.45, 2.75) is 77.0 Å². The molecule has 0 saturated heterocycles. The van der Waals surface area contributed by atoms with Gasteiger partial charge in [-0.1, -0.05) is 72.8 Å². The number of allylic oxidation sites excluding steroid dienone is 2. The summed E-state index contributed by atoms with van der Waals surface area (Å²) in [6.07, 6.45) is 4.15. The minimum absolute atomic E-state index is 0.113. The third kappa shape index (κ3) is 14.9. The first-order valence-electron chi connectivity index (χ1n) is 15.3. The molecular formula is C36H48N2O7. The third-order valence-electron chi connectivity index (χ3n) is 6.88. The average Bonchev–Trinajstić information content (AvgIpc) is 2.99. The van der Waals surface area contributed by atoms with E-state index < -0.39 is 41.5 Å². The van der Waals surface area contributed by atoms with Crippen LogP contribution in [-0.4, -0.2) is 59.8 Å². The van der Waals surface area contributed by atoms with Gasteiger partial charge in [-0.05, 0) is 57.6 Å². The third-order valence-corrected chi connectivity index (χ3v) is 6.88. The number of nitrogens with one attached hydrogen (secondary N) is 2. The first-order chi connectivity index (χ1) is 21.4. The second kappa shape index (κ2) is 19.2. The Kier molecular flexibility index (Phi) is 15.8. The van der Waals surface area contributed by atoms with E-state index in [1.54, 1.807) is 32.9 Å². The molecule has 0 fully saturated rings. The molecule has 2 amide bonds. The summed E-state index contributed by atoms with van der Waals surface area (Å²) >= 11 is 0. The molecule has 0 unspecified atom stereocenters. The summed E-state index contributed by atoms with van der Waals surface area (Å²) in [5.74, 6) is -3.37. The zero-order valence-electron chi connectivity index (χ0n) is 26.7. The van der Waals surface area contributed by atoms with Crippen LogP contribution < -0.4 is 10.6 Å². The van der Waals surface area contributed by atoms with Gasteiger partial charge in [0.2, 0.25) is 11.8 Å². The van der Waals surface area contributed by atoms with E-state index in [0.717, 1.165) is 11.1 Å². The van der Waals surface area contributed by atoms with Crippen LogP contribution in [0.4, 0.5) is 0 Å². The summed E-state index contributed by atoms with van der Waals surface area (Å²) in [7, 11) is 0. The summed E-state index contributed by atoms with van der Waals surface area (Å²) in [6.45, 7) is 12.3. The Labute approximate surface area is 267 Å². The average molecular weight is 621 g/mol. The van der Waals surface area contributed by atoms with Crippen LogP contribution in [0.2, 0.25) is 0 Å². The van der Waals surface area contributed by atoms with Gasteiger partial charge in [0.05, 0.1) is 36.9 Å². The summed E-state index contributed by atoms with van der Waals surface area (Å²) in [6, 6.07) is 17.8. The van der Waals surface area contributed by atoms with Gasteiger partial charge in [-0.2, -0.15) is 0 Å². The molecule has 4 atom stereocenters. The molecule has 0 aliphatic heterocycles. The normalized spacial score (nSPS) is 13.8. The number of hydrogen-bond acceptors (Lipinski definition) is 7. The Morgan fingerprint density at radius 1 is 0.800 bits per heavy atom. The van der Waals surface area contributed by atoms with Crippen molar-refractivity contribution < 1.29 is 33.8 Å². The Balaban J connectivity index is 2.09. The number of rotatable bonds is 19. The number of hydrogen-bond donors (Lipinski definition) is 3. The second-order valence-corrected chi connectivity index (χ2v) is 12.1. The zero-order valence-corrected chi connectivity index (χ0v) is 26.7. The van der Waals surface area contributed by atoms with Crippen LogP contribution in [0.3, 0.4) is 0 Å². The standard InChI is InChI=1S/C36H48N2O7/c1-6-14-28(22-32(40)37-30(24-39)20-26-16-10-8-11-17-26)34(42)38-31(21-27-18-12-9-13-19-27)25-44-35(43)29(15-7-2)23-33(41)45-36(3,4)5/h6-13,16-19,28-31,39H,1-2,14-15,20-25H2,3-5H3,(H,37,40)(H,38,42)/t28-,29-,30+,31-/m0/s1. The van der Waals surface area contributed by atoms with Gasteiger partial charge in [0.15, 0.2) is 0 Å². The van der Waals surface area contributed by atoms with E-state index >= 15 is 0 Å². The predicted octanol–water partition coefficient (Wildman–Crippen LogP) is 4.48. The van der Waals surface area contributed by atoms with Gasteiger partial charge in [0, 0.05) is 6.42 Å². The molecule has 2 aromatic carbocycles. The Bertz CT molecular complexity index is 1240. The highest BCUT2D eigenvalue weighted by Gasteiger charge is 2.28. The van der Waals surface area contributed by atoms with Gasteiger partial charge in [-0.3, -0.25) is 19.2 Å². The summed E-state index contributed by atoms with van der Waals surface area (Å²) in [4.78, 5) is 51.9. The molecule has 0 aromatic heterocycles. The predicted molar refractivity (Wildman–Crippen MR) is 174 cm³/mol. The maximum atomic E-state index is 13.5. The van der Waals surface area contributed by atoms with E-state index in [-0.39, 0.29) is 50.7 Å². The summed E-state index contributed by atoms with van der Waals surface area (Å²) in [5.41, 5.74) is 1.20. The van der Waals surface area contributed by atoms with Crippen LogP contribution >= 0.6 is 0 Å². The van der Waals surface area contributed by atoms with Gasteiger partial charge in [0.25, 0.3) is 0 Å². The van der Waals surface area contributed by atoms with Crippen molar-refractivity contribution in [1.29, 1.82) is 0 Å². The highest BCUT2D eigenvalue weighted by molar-refractivity contribution is 5.86. The largest absolute Gasteiger partial charge is 0.463 e. The lowest BCUT2D eigenvalue weighted by Gasteiger charge is -2.24. The molecule has 0 aliphatic rings. The molecular weight excluding hydrogens is 572 g/mol.